The minimum absolute atomic E-state index is 0.392. The standard InChI is InChI=1S/C56H33N/c1-2-15-39-37(13-1)38-14-3-4-16-40(38)46-31-36(29-30-41(39)46)34-25-27-35(28-26-34)55-49-32-48-44-19-7-11-23-52(44)56(53(48)33-47(49)45-20-8-12-24-54(45)57-55)50-21-9-5-17-42(50)43-18-6-10-22-51(43)56/h1-33H. The fourth-order valence-corrected chi connectivity index (χ4v) is 10.7. The molecule has 0 atom stereocenters. The zero-order valence-corrected chi connectivity index (χ0v) is 31.0. The van der Waals surface area contributed by atoms with Crippen LogP contribution in [0.15, 0.2) is 200 Å². The molecule has 0 amide bonds. The van der Waals surface area contributed by atoms with Crippen molar-refractivity contribution in [3.63, 3.8) is 0 Å². The molecule has 2 aliphatic rings. The van der Waals surface area contributed by atoms with Gasteiger partial charge in [-0.2, -0.15) is 0 Å². The second-order valence-electron chi connectivity index (χ2n) is 15.7. The van der Waals surface area contributed by atoms with Crippen LogP contribution in [0, 0.1) is 0 Å². The number of hydrogen-bond acceptors (Lipinski definition) is 1. The Labute approximate surface area is 330 Å². The van der Waals surface area contributed by atoms with Crippen molar-refractivity contribution in [2.45, 2.75) is 5.41 Å². The van der Waals surface area contributed by atoms with Gasteiger partial charge in [0.25, 0.3) is 0 Å². The lowest BCUT2D eigenvalue weighted by molar-refractivity contribution is 0.795. The maximum Gasteiger partial charge on any atom is 0.0788 e. The molecule has 0 saturated carbocycles. The molecule has 13 rings (SSSR count). The van der Waals surface area contributed by atoms with Gasteiger partial charge in [0.15, 0.2) is 0 Å². The van der Waals surface area contributed by atoms with E-state index in [4.69, 9.17) is 4.98 Å². The summed E-state index contributed by atoms with van der Waals surface area (Å²) >= 11 is 0. The van der Waals surface area contributed by atoms with Gasteiger partial charge in [0, 0.05) is 16.3 Å². The highest BCUT2D eigenvalue weighted by Gasteiger charge is 2.51. The summed E-state index contributed by atoms with van der Waals surface area (Å²) in [5.74, 6) is 0. The van der Waals surface area contributed by atoms with Crippen LogP contribution >= 0.6 is 0 Å². The Morgan fingerprint density at radius 3 is 1.32 bits per heavy atom. The highest BCUT2D eigenvalue weighted by Crippen LogP contribution is 2.63. The molecule has 0 radical (unpaired) electrons. The Balaban J connectivity index is 1.02. The lowest BCUT2D eigenvalue weighted by Gasteiger charge is -2.30. The van der Waals surface area contributed by atoms with E-state index in [2.05, 4.69) is 200 Å². The number of nitrogens with zero attached hydrogens (tertiary/aromatic N) is 1. The molecule has 1 nitrogen and oxygen atoms in total. The Bertz CT molecular complexity index is 3440. The monoisotopic (exact) mass is 719 g/mol. The third kappa shape index (κ3) is 4.05. The van der Waals surface area contributed by atoms with Crippen molar-refractivity contribution in [3.05, 3.63) is 222 Å². The van der Waals surface area contributed by atoms with Crippen LogP contribution in [-0.4, -0.2) is 4.98 Å². The summed E-state index contributed by atoms with van der Waals surface area (Å²) in [6.07, 6.45) is 0. The smallest absolute Gasteiger partial charge is 0.0788 e. The predicted molar refractivity (Wildman–Crippen MR) is 239 cm³/mol. The third-order valence-electron chi connectivity index (χ3n) is 13.1. The molecule has 11 aromatic rings. The SMILES string of the molecule is c1ccc2c(c1)-c1ccccc1C21c2ccccc2-c2cc3c(-c4ccc(-c5ccc6c7ccccc7c7ccccc7c6c5)cc4)nc4ccccc4c3cc21. The van der Waals surface area contributed by atoms with E-state index in [9.17, 15) is 0 Å². The first-order chi connectivity index (χ1) is 28.3. The van der Waals surface area contributed by atoms with E-state index >= 15 is 0 Å². The van der Waals surface area contributed by atoms with Crippen LogP contribution in [0.2, 0.25) is 0 Å². The molecule has 2 aliphatic carbocycles. The number of aromatic nitrogens is 1. The van der Waals surface area contributed by atoms with Gasteiger partial charge in [-0.3, -0.25) is 0 Å². The van der Waals surface area contributed by atoms with Gasteiger partial charge < -0.3 is 0 Å². The van der Waals surface area contributed by atoms with Crippen LogP contribution in [-0.2, 0) is 5.41 Å². The molecule has 1 heteroatoms. The molecule has 1 spiro atoms. The molecule has 0 saturated heterocycles. The minimum Gasteiger partial charge on any atom is -0.247 e. The second-order valence-corrected chi connectivity index (χ2v) is 15.7. The van der Waals surface area contributed by atoms with Crippen LogP contribution in [0.25, 0.3) is 98.6 Å². The number of hydrogen-bond donors (Lipinski definition) is 0. The number of para-hydroxylation sites is 1. The molecule has 10 aromatic carbocycles. The van der Waals surface area contributed by atoms with Crippen LogP contribution in [0.1, 0.15) is 22.3 Å². The molecule has 0 N–H and O–H groups in total. The van der Waals surface area contributed by atoms with E-state index in [1.165, 1.54) is 104 Å². The van der Waals surface area contributed by atoms with Gasteiger partial charge in [-0.25, -0.2) is 4.98 Å². The fourth-order valence-electron chi connectivity index (χ4n) is 10.7. The van der Waals surface area contributed by atoms with Crippen LogP contribution in [0.3, 0.4) is 0 Å². The van der Waals surface area contributed by atoms with E-state index < -0.39 is 5.41 Å². The zero-order chi connectivity index (χ0) is 37.2. The first-order valence-electron chi connectivity index (χ1n) is 19.9. The Morgan fingerprint density at radius 1 is 0.263 bits per heavy atom. The molecule has 0 fully saturated rings. The van der Waals surface area contributed by atoms with Gasteiger partial charge in [0.05, 0.1) is 16.6 Å². The number of rotatable bonds is 2. The topological polar surface area (TPSA) is 12.9 Å². The van der Waals surface area contributed by atoms with Gasteiger partial charge in [-0.1, -0.05) is 176 Å². The van der Waals surface area contributed by atoms with E-state index in [0.717, 1.165) is 16.8 Å². The van der Waals surface area contributed by atoms with E-state index in [-0.39, 0.29) is 0 Å². The fraction of sp³-hybridized carbons (Fsp3) is 0.0179. The van der Waals surface area contributed by atoms with Gasteiger partial charge in [-0.05, 0) is 118 Å². The summed E-state index contributed by atoms with van der Waals surface area (Å²) in [6.45, 7) is 0. The summed E-state index contributed by atoms with van der Waals surface area (Å²) in [5, 5.41) is 11.3. The van der Waals surface area contributed by atoms with Crippen LogP contribution in [0.5, 0.6) is 0 Å². The molecule has 1 aromatic heterocycles. The largest absolute Gasteiger partial charge is 0.247 e. The lowest BCUT2D eigenvalue weighted by Crippen LogP contribution is -2.25. The summed E-state index contributed by atoms with van der Waals surface area (Å²) in [7, 11) is 0. The third-order valence-corrected chi connectivity index (χ3v) is 13.1. The second kappa shape index (κ2) is 11.4. The normalized spacial score (nSPS) is 13.4. The molecular weight excluding hydrogens is 687 g/mol. The lowest BCUT2D eigenvalue weighted by atomic mass is 9.70. The summed E-state index contributed by atoms with van der Waals surface area (Å²) in [4.78, 5) is 5.42. The van der Waals surface area contributed by atoms with Gasteiger partial charge in [0.1, 0.15) is 0 Å². The number of pyridine rings is 1. The van der Waals surface area contributed by atoms with E-state index in [0.29, 0.717) is 0 Å². The van der Waals surface area contributed by atoms with E-state index in [1.54, 1.807) is 0 Å². The van der Waals surface area contributed by atoms with Gasteiger partial charge in [0.2, 0.25) is 0 Å². The molecule has 1 heterocycles. The summed E-state index contributed by atoms with van der Waals surface area (Å²) < 4.78 is 0. The molecule has 0 unspecified atom stereocenters. The van der Waals surface area contributed by atoms with Crippen molar-refractivity contribution >= 4 is 54.0 Å². The zero-order valence-electron chi connectivity index (χ0n) is 31.0. The minimum atomic E-state index is -0.392. The molecular formula is C56H33N. The van der Waals surface area contributed by atoms with E-state index in [1.807, 2.05) is 0 Å². The number of fused-ring (bicyclic) bond motifs is 19. The van der Waals surface area contributed by atoms with Gasteiger partial charge in [-0.15, -0.1) is 0 Å². The first-order valence-corrected chi connectivity index (χ1v) is 19.9. The van der Waals surface area contributed by atoms with Gasteiger partial charge >= 0.3 is 0 Å². The maximum atomic E-state index is 5.42. The average Bonchev–Trinajstić information content (AvgIpc) is 3.75. The Hall–Kier alpha value is -7.35. The van der Waals surface area contributed by atoms with Crippen molar-refractivity contribution in [3.8, 4) is 44.6 Å². The predicted octanol–water partition coefficient (Wildman–Crippen LogP) is 14.5. The van der Waals surface area contributed by atoms with Crippen molar-refractivity contribution in [1.29, 1.82) is 0 Å². The van der Waals surface area contributed by atoms with Crippen LogP contribution in [0.4, 0.5) is 0 Å². The Morgan fingerprint density at radius 2 is 0.702 bits per heavy atom. The maximum absolute atomic E-state index is 5.42. The molecule has 0 bridgehead atoms. The van der Waals surface area contributed by atoms with Crippen molar-refractivity contribution in [1.82, 2.24) is 4.98 Å². The summed E-state index contributed by atoms with van der Waals surface area (Å²) in [6, 6.07) is 74.3. The number of benzene rings is 10. The van der Waals surface area contributed by atoms with Crippen molar-refractivity contribution in [2.24, 2.45) is 0 Å². The Kier molecular flexibility index (Phi) is 6.16. The van der Waals surface area contributed by atoms with Crippen LogP contribution < -0.4 is 0 Å². The molecule has 262 valence electrons. The highest BCUT2D eigenvalue weighted by atomic mass is 14.7. The summed E-state index contributed by atoms with van der Waals surface area (Å²) in [5.41, 5.74) is 15.8. The molecule has 0 aliphatic heterocycles. The highest BCUT2D eigenvalue weighted by molar-refractivity contribution is 6.25. The van der Waals surface area contributed by atoms with Crippen molar-refractivity contribution in [2.75, 3.05) is 0 Å². The first kappa shape index (κ1) is 30.9. The average molecular weight is 720 g/mol. The quantitative estimate of drug-likeness (QED) is 0.162. The van der Waals surface area contributed by atoms with Crippen molar-refractivity contribution < 1.29 is 0 Å². The molecule has 57 heavy (non-hydrogen) atoms.